The topological polar surface area (TPSA) is 129 Å². The zero-order valence-corrected chi connectivity index (χ0v) is 21.1. The van der Waals surface area contributed by atoms with Gasteiger partial charge in [0.1, 0.15) is 17.5 Å². The molecule has 4 aromatic rings. The van der Waals surface area contributed by atoms with Crippen molar-refractivity contribution in [2.24, 2.45) is 0 Å². The van der Waals surface area contributed by atoms with Crippen LogP contribution in [0, 0.1) is 0 Å². The molecule has 0 aliphatic heterocycles. The number of amides is 2. The first-order valence-electron chi connectivity index (χ1n) is 11.7. The fraction of sp³-hybridized carbons (Fsp3) is 0.103. The maximum absolute atomic E-state index is 13.1. The molecule has 3 aromatic carbocycles. The first-order chi connectivity index (χ1) is 18.2. The molecular formula is C29H24ClN3O5. The van der Waals surface area contributed by atoms with Gasteiger partial charge in [-0.05, 0) is 59.2 Å². The second kappa shape index (κ2) is 11.6. The lowest BCUT2D eigenvalue weighted by molar-refractivity contribution is -0.122. The van der Waals surface area contributed by atoms with Gasteiger partial charge in [0.25, 0.3) is 5.91 Å². The number of phenolic OH excluding ortho intramolecular Hbond substituents is 1. The van der Waals surface area contributed by atoms with Gasteiger partial charge in [0, 0.05) is 23.9 Å². The Balaban J connectivity index is 1.62. The molecule has 0 spiro atoms. The van der Waals surface area contributed by atoms with Gasteiger partial charge in [-0.15, -0.1) is 0 Å². The summed E-state index contributed by atoms with van der Waals surface area (Å²) >= 11 is 5.93. The van der Waals surface area contributed by atoms with E-state index in [1.165, 1.54) is 25.2 Å². The van der Waals surface area contributed by atoms with E-state index in [2.05, 4.69) is 15.6 Å². The number of carboxylic acids is 1. The summed E-state index contributed by atoms with van der Waals surface area (Å²) in [5.74, 6) is -2.24. The molecule has 4 rings (SSSR count). The summed E-state index contributed by atoms with van der Waals surface area (Å²) in [7, 11) is 1.45. The van der Waals surface area contributed by atoms with Gasteiger partial charge in [-0.1, -0.05) is 54.1 Å². The minimum atomic E-state index is -1.21. The largest absolute Gasteiger partial charge is 0.508 e. The first kappa shape index (κ1) is 26.4. The normalized spacial score (nSPS) is 11.8. The van der Waals surface area contributed by atoms with Gasteiger partial charge in [-0.3, -0.25) is 9.59 Å². The van der Waals surface area contributed by atoms with Crippen LogP contribution in [0.4, 0.5) is 0 Å². The summed E-state index contributed by atoms with van der Waals surface area (Å²) in [4.78, 5) is 42.0. The van der Waals surface area contributed by atoms with Crippen molar-refractivity contribution in [3.8, 4) is 5.75 Å². The number of aromatic carboxylic acids is 1. The predicted molar refractivity (Wildman–Crippen MR) is 146 cm³/mol. The van der Waals surface area contributed by atoms with Crippen LogP contribution in [0.3, 0.4) is 0 Å². The number of phenols is 1. The molecule has 1 aromatic heterocycles. The summed E-state index contributed by atoms with van der Waals surface area (Å²) in [6.45, 7) is 0. The number of nitrogens with zero attached hydrogens (tertiary/aromatic N) is 1. The molecule has 8 nitrogen and oxygen atoms in total. The summed E-state index contributed by atoms with van der Waals surface area (Å²) in [5.41, 5.74) is 2.51. The number of fused-ring (bicyclic) bond motifs is 1. The number of carbonyl (C=O) groups is 3. The van der Waals surface area contributed by atoms with Crippen LogP contribution in [0.25, 0.3) is 23.1 Å². The maximum atomic E-state index is 13.1. The van der Waals surface area contributed by atoms with Gasteiger partial charge in [-0.25, -0.2) is 9.78 Å². The molecule has 1 heterocycles. The second-order valence-corrected chi connectivity index (χ2v) is 8.97. The van der Waals surface area contributed by atoms with E-state index in [0.29, 0.717) is 21.5 Å². The molecule has 0 radical (unpaired) electrons. The Morgan fingerprint density at radius 2 is 1.61 bits per heavy atom. The second-order valence-electron chi connectivity index (χ2n) is 8.53. The number of nitrogens with one attached hydrogen (secondary N) is 2. The molecule has 4 N–H and O–H groups in total. The Hall–Kier alpha value is -4.69. The number of carbonyl (C=O) groups excluding carboxylic acids is 2. The highest BCUT2D eigenvalue weighted by molar-refractivity contribution is 6.30. The fourth-order valence-electron chi connectivity index (χ4n) is 3.89. The highest BCUT2D eigenvalue weighted by atomic mass is 35.5. The van der Waals surface area contributed by atoms with Gasteiger partial charge in [0.2, 0.25) is 5.91 Å². The molecule has 0 saturated carbocycles. The van der Waals surface area contributed by atoms with Crippen molar-refractivity contribution in [1.29, 1.82) is 0 Å². The number of pyridine rings is 1. The minimum Gasteiger partial charge on any atom is -0.508 e. The van der Waals surface area contributed by atoms with E-state index in [-0.39, 0.29) is 23.4 Å². The molecule has 0 bridgehead atoms. The fourth-order valence-corrected chi connectivity index (χ4v) is 4.02. The molecule has 0 aliphatic rings. The number of aromatic nitrogens is 1. The lowest BCUT2D eigenvalue weighted by Crippen LogP contribution is -2.47. The number of aromatic hydroxyl groups is 1. The summed E-state index contributed by atoms with van der Waals surface area (Å²) in [6, 6.07) is 18.9. The van der Waals surface area contributed by atoms with Crippen LogP contribution in [-0.2, 0) is 11.2 Å². The Labute approximate surface area is 223 Å². The Kier molecular flexibility index (Phi) is 8.03. The first-order valence-corrected chi connectivity index (χ1v) is 12.0. The zero-order chi connectivity index (χ0) is 27.2. The smallest absolute Gasteiger partial charge is 0.336 e. The number of halogens is 1. The quantitative estimate of drug-likeness (QED) is 0.248. The van der Waals surface area contributed by atoms with E-state index in [9.17, 15) is 24.6 Å². The van der Waals surface area contributed by atoms with Crippen molar-refractivity contribution in [2.75, 3.05) is 7.05 Å². The lowest BCUT2D eigenvalue weighted by Gasteiger charge is -2.18. The molecule has 0 saturated heterocycles. The maximum Gasteiger partial charge on any atom is 0.336 e. The van der Waals surface area contributed by atoms with Crippen LogP contribution in [0.15, 0.2) is 72.8 Å². The van der Waals surface area contributed by atoms with Crippen LogP contribution in [0.1, 0.15) is 37.5 Å². The van der Waals surface area contributed by atoms with Crippen LogP contribution in [-0.4, -0.2) is 46.1 Å². The van der Waals surface area contributed by atoms with Crippen molar-refractivity contribution >= 4 is 52.4 Å². The van der Waals surface area contributed by atoms with Crippen molar-refractivity contribution < 1.29 is 24.6 Å². The Bertz CT molecular complexity index is 1530. The Morgan fingerprint density at radius 3 is 2.26 bits per heavy atom. The standard InChI is InChI=1S/C29H24ClN3O5/c1-31-27(35)25(15-19-6-11-21(34)12-7-19)33-28(36)26-16-23(29(37)38)22-14-18(8-13-24(22)32-26)3-2-17-4-9-20(30)10-5-17/h2-14,16,25,34H,15H2,1H3,(H,31,35)(H,33,36)(H,37,38)/t25-/m0/s1. The molecular weight excluding hydrogens is 506 g/mol. The van der Waals surface area contributed by atoms with E-state index < -0.39 is 23.8 Å². The third-order valence-electron chi connectivity index (χ3n) is 5.88. The SMILES string of the molecule is CNC(=O)[C@H](Cc1ccc(O)cc1)NC(=O)c1cc(C(=O)O)c2cc(C=Cc3ccc(Cl)cc3)ccc2n1. The van der Waals surface area contributed by atoms with Crippen molar-refractivity contribution in [2.45, 2.75) is 12.5 Å². The van der Waals surface area contributed by atoms with Crippen LogP contribution in [0.5, 0.6) is 5.75 Å². The van der Waals surface area contributed by atoms with E-state index in [1.807, 2.05) is 24.3 Å². The molecule has 0 fully saturated rings. The van der Waals surface area contributed by atoms with Gasteiger partial charge in [0.05, 0.1) is 11.1 Å². The zero-order valence-electron chi connectivity index (χ0n) is 20.3. The number of likely N-dealkylation sites (N-methyl/N-ethyl adjacent to an activating group) is 1. The van der Waals surface area contributed by atoms with Gasteiger partial charge in [-0.2, -0.15) is 0 Å². The van der Waals surface area contributed by atoms with Gasteiger partial charge < -0.3 is 20.8 Å². The van der Waals surface area contributed by atoms with Crippen molar-refractivity contribution in [3.63, 3.8) is 0 Å². The molecule has 0 aliphatic carbocycles. The monoisotopic (exact) mass is 529 g/mol. The highest BCUT2D eigenvalue weighted by Gasteiger charge is 2.23. The number of hydrogen-bond donors (Lipinski definition) is 4. The molecule has 9 heteroatoms. The molecule has 1 atom stereocenters. The molecule has 2 amide bonds. The molecule has 192 valence electrons. The predicted octanol–water partition coefficient (Wildman–Crippen LogP) is 4.55. The highest BCUT2D eigenvalue weighted by Crippen LogP contribution is 2.22. The van der Waals surface area contributed by atoms with Crippen molar-refractivity contribution in [3.05, 3.63) is 106 Å². The average Bonchev–Trinajstić information content (AvgIpc) is 2.92. The third kappa shape index (κ3) is 6.35. The number of benzene rings is 3. The number of carboxylic acid groups (broad SMARTS) is 1. The van der Waals surface area contributed by atoms with Crippen LogP contribution >= 0.6 is 11.6 Å². The third-order valence-corrected chi connectivity index (χ3v) is 6.13. The summed E-state index contributed by atoms with van der Waals surface area (Å²) in [5, 5.41) is 25.5. The number of hydrogen-bond acceptors (Lipinski definition) is 5. The average molecular weight is 530 g/mol. The molecule has 38 heavy (non-hydrogen) atoms. The van der Waals surface area contributed by atoms with Crippen LogP contribution in [0.2, 0.25) is 5.02 Å². The van der Waals surface area contributed by atoms with E-state index in [0.717, 1.165) is 11.1 Å². The summed E-state index contributed by atoms with van der Waals surface area (Å²) in [6.07, 6.45) is 3.88. The van der Waals surface area contributed by atoms with E-state index in [4.69, 9.17) is 11.6 Å². The van der Waals surface area contributed by atoms with Crippen molar-refractivity contribution in [1.82, 2.24) is 15.6 Å². The molecule has 0 unspecified atom stereocenters. The summed E-state index contributed by atoms with van der Waals surface area (Å²) < 4.78 is 0. The van der Waals surface area contributed by atoms with E-state index >= 15 is 0 Å². The van der Waals surface area contributed by atoms with Gasteiger partial charge >= 0.3 is 5.97 Å². The lowest BCUT2D eigenvalue weighted by atomic mass is 10.0. The van der Waals surface area contributed by atoms with Gasteiger partial charge in [0.15, 0.2) is 0 Å². The van der Waals surface area contributed by atoms with Crippen LogP contribution < -0.4 is 10.6 Å². The minimum absolute atomic E-state index is 0.0828. The number of rotatable bonds is 8. The van der Waals surface area contributed by atoms with E-state index in [1.54, 1.807) is 42.5 Å². The Morgan fingerprint density at radius 1 is 0.947 bits per heavy atom.